The number of nitrogens with zero attached hydrogens (tertiary/aromatic N) is 4. The van der Waals surface area contributed by atoms with Crippen LogP contribution in [0.25, 0.3) is 0 Å². The highest BCUT2D eigenvalue weighted by Gasteiger charge is 2.14. The van der Waals surface area contributed by atoms with Crippen LogP contribution in [0.4, 0.5) is 0 Å². The predicted molar refractivity (Wildman–Crippen MR) is 70.5 cm³/mol. The van der Waals surface area contributed by atoms with Gasteiger partial charge in [-0.25, -0.2) is 10.1 Å². The lowest BCUT2D eigenvalue weighted by atomic mass is 10.2. The summed E-state index contributed by atoms with van der Waals surface area (Å²) in [6, 6.07) is 7.25. The number of hydrogen-bond acceptors (Lipinski definition) is 5. The molecule has 1 atom stereocenters. The molecular formula is C9H10ClN7S. The number of rotatable bonds is 4. The molecule has 0 aliphatic carbocycles. The minimum Gasteiger partial charge on any atom is -0.375 e. The van der Waals surface area contributed by atoms with Gasteiger partial charge in [0, 0.05) is 5.02 Å². The Labute approximate surface area is 113 Å². The van der Waals surface area contributed by atoms with Crippen molar-refractivity contribution >= 4 is 28.9 Å². The summed E-state index contributed by atoms with van der Waals surface area (Å²) >= 11 is 10.6. The summed E-state index contributed by atoms with van der Waals surface area (Å²) in [6.07, 6.45) is 1.13. The van der Waals surface area contributed by atoms with Crippen molar-refractivity contribution in [2.75, 3.05) is 0 Å². The SMILES string of the molecule is NC(=S)NNC(c1ccc(Cl)cc1)n1cnnn1. The molecule has 1 unspecified atom stereocenters. The Hall–Kier alpha value is -1.77. The second-order valence-corrected chi connectivity index (χ2v) is 4.25. The summed E-state index contributed by atoms with van der Waals surface area (Å²) in [6.45, 7) is 0. The monoisotopic (exact) mass is 283 g/mol. The van der Waals surface area contributed by atoms with E-state index in [1.165, 1.54) is 11.0 Å². The number of tetrazole rings is 1. The number of hydrogen-bond donors (Lipinski definition) is 3. The van der Waals surface area contributed by atoms with E-state index in [1.54, 1.807) is 12.1 Å². The van der Waals surface area contributed by atoms with E-state index < -0.39 is 0 Å². The topological polar surface area (TPSA) is 93.7 Å². The van der Waals surface area contributed by atoms with E-state index in [2.05, 4.69) is 26.4 Å². The maximum atomic E-state index is 5.84. The summed E-state index contributed by atoms with van der Waals surface area (Å²) in [5.74, 6) is 0. The van der Waals surface area contributed by atoms with E-state index in [4.69, 9.17) is 29.6 Å². The first-order chi connectivity index (χ1) is 8.66. The Morgan fingerprint density at radius 1 is 1.39 bits per heavy atom. The van der Waals surface area contributed by atoms with E-state index in [9.17, 15) is 0 Å². The van der Waals surface area contributed by atoms with E-state index >= 15 is 0 Å². The normalized spacial score (nSPS) is 12.1. The zero-order valence-corrected chi connectivity index (χ0v) is 10.7. The summed E-state index contributed by atoms with van der Waals surface area (Å²) in [4.78, 5) is 0. The van der Waals surface area contributed by atoms with Crippen LogP contribution >= 0.6 is 23.8 Å². The molecule has 7 nitrogen and oxygen atoms in total. The molecule has 18 heavy (non-hydrogen) atoms. The minimum atomic E-state index is -0.348. The molecule has 1 aromatic carbocycles. The molecule has 2 rings (SSSR count). The van der Waals surface area contributed by atoms with Crippen LogP contribution in [0.2, 0.25) is 5.02 Å². The number of benzene rings is 1. The lowest BCUT2D eigenvalue weighted by Crippen LogP contribution is -2.45. The molecule has 94 valence electrons. The molecule has 2 aromatic rings. The number of nitrogens with two attached hydrogens (primary N) is 1. The molecule has 0 amide bonds. The number of nitrogens with one attached hydrogen (secondary N) is 2. The van der Waals surface area contributed by atoms with Crippen LogP contribution in [-0.4, -0.2) is 25.3 Å². The number of aromatic nitrogens is 4. The van der Waals surface area contributed by atoms with Gasteiger partial charge in [-0.15, -0.1) is 5.10 Å². The molecule has 4 N–H and O–H groups in total. The molecule has 1 heterocycles. The Kier molecular flexibility index (Phi) is 4.03. The number of hydrazine groups is 1. The van der Waals surface area contributed by atoms with E-state index in [0.29, 0.717) is 5.02 Å². The second-order valence-electron chi connectivity index (χ2n) is 3.38. The first-order valence-electron chi connectivity index (χ1n) is 4.96. The van der Waals surface area contributed by atoms with Gasteiger partial charge in [0.1, 0.15) is 12.5 Å². The third-order valence-electron chi connectivity index (χ3n) is 2.15. The van der Waals surface area contributed by atoms with Crippen molar-refractivity contribution in [3.05, 3.63) is 41.2 Å². The zero-order valence-electron chi connectivity index (χ0n) is 9.12. The van der Waals surface area contributed by atoms with E-state index in [-0.39, 0.29) is 11.3 Å². The molecule has 0 fully saturated rings. The Balaban J connectivity index is 2.24. The molecule has 1 aromatic heterocycles. The van der Waals surface area contributed by atoms with Gasteiger partial charge in [0.2, 0.25) is 0 Å². The predicted octanol–water partition coefficient (Wildman–Crippen LogP) is 0.211. The Morgan fingerprint density at radius 3 is 2.67 bits per heavy atom. The van der Waals surface area contributed by atoms with Crippen molar-refractivity contribution in [3.63, 3.8) is 0 Å². The Bertz CT molecular complexity index is 512. The lowest BCUT2D eigenvalue weighted by molar-refractivity contribution is 0.402. The van der Waals surface area contributed by atoms with Crippen LogP contribution in [0.15, 0.2) is 30.6 Å². The lowest BCUT2D eigenvalue weighted by Gasteiger charge is -2.19. The zero-order chi connectivity index (χ0) is 13.0. The average Bonchev–Trinajstić information content (AvgIpc) is 2.85. The van der Waals surface area contributed by atoms with Crippen molar-refractivity contribution in [1.29, 1.82) is 0 Å². The molecular weight excluding hydrogens is 274 g/mol. The molecule has 0 aliphatic heterocycles. The standard InChI is InChI=1S/C9H10ClN7S/c10-7-3-1-6(2-4-7)8(13-14-9(11)18)17-5-12-15-16-17/h1-5,8,13H,(H3,11,14,18). The van der Waals surface area contributed by atoms with Gasteiger partial charge in [-0.1, -0.05) is 23.7 Å². The van der Waals surface area contributed by atoms with Crippen LogP contribution < -0.4 is 16.6 Å². The summed E-state index contributed by atoms with van der Waals surface area (Å²) in [5.41, 5.74) is 11.8. The summed E-state index contributed by atoms with van der Waals surface area (Å²) in [7, 11) is 0. The second kappa shape index (κ2) is 5.71. The first kappa shape index (κ1) is 12.7. The molecule has 0 aliphatic rings. The van der Waals surface area contributed by atoms with Gasteiger partial charge in [-0.05, 0) is 40.3 Å². The molecule has 0 bridgehead atoms. The van der Waals surface area contributed by atoms with Crippen molar-refractivity contribution in [2.24, 2.45) is 5.73 Å². The molecule has 0 radical (unpaired) electrons. The quantitative estimate of drug-likeness (QED) is 0.545. The van der Waals surface area contributed by atoms with Crippen molar-refractivity contribution in [3.8, 4) is 0 Å². The fourth-order valence-corrected chi connectivity index (χ4v) is 1.56. The van der Waals surface area contributed by atoms with Crippen molar-refractivity contribution in [1.82, 2.24) is 31.1 Å². The summed E-state index contributed by atoms with van der Waals surface area (Å²) in [5, 5.41) is 11.8. The molecule has 0 spiro atoms. The van der Waals surface area contributed by atoms with Crippen molar-refractivity contribution < 1.29 is 0 Å². The largest absolute Gasteiger partial charge is 0.375 e. The highest BCUT2D eigenvalue weighted by Crippen LogP contribution is 2.16. The Morgan fingerprint density at radius 2 is 2.11 bits per heavy atom. The maximum Gasteiger partial charge on any atom is 0.178 e. The van der Waals surface area contributed by atoms with Crippen LogP contribution in [0.3, 0.4) is 0 Å². The van der Waals surface area contributed by atoms with E-state index in [0.717, 1.165) is 5.56 Å². The molecule has 9 heteroatoms. The van der Waals surface area contributed by atoms with Gasteiger partial charge < -0.3 is 5.73 Å². The number of thiocarbonyl (C=S) groups is 1. The van der Waals surface area contributed by atoms with Crippen LogP contribution in [-0.2, 0) is 0 Å². The fourth-order valence-electron chi connectivity index (χ4n) is 1.37. The third kappa shape index (κ3) is 3.13. The summed E-state index contributed by atoms with van der Waals surface area (Å²) < 4.78 is 1.52. The highest BCUT2D eigenvalue weighted by atomic mass is 35.5. The smallest absolute Gasteiger partial charge is 0.178 e. The van der Waals surface area contributed by atoms with Crippen molar-refractivity contribution in [2.45, 2.75) is 6.17 Å². The van der Waals surface area contributed by atoms with Gasteiger partial charge in [-0.3, -0.25) is 5.43 Å². The fraction of sp³-hybridized carbons (Fsp3) is 0.111. The molecule has 0 saturated carbocycles. The average molecular weight is 284 g/mol. The van der Waals surface area contributed by atoms with E-state index in [1.807, 2.05) is 12.1 Å². The van der Waals surface area contributed by atoms with Crippen LogP contribution in [0.1, 0.15) is 11.7 Å². The third-order valence-corrected chi connectivity index (χ3v) is 2.50. The number of halogens is 1. The van der Waals surface area contributed by atoms with Gasteiger partial charge in [0.15, 0.2) is 5.11 Å². The highest BCUT2D eigenvalue weighted by molar-refractivity contribution is 7.80. The van der Waals surface area contributed by atoms with Crippen LogP contribution in [0, 0.1) is 0 Å². The minimum absolute atomic E-state index is 0.127. The van der Waals surface area contributed by atoms with Gasteiger partial charge >= 0.3 is 0 Å². The van der Waals surface area contributed by atoms with Gasteiger partial charge in [0.25, 0.3) is 0 Å². The van der Waals surface area contributed by atoms with Crippen LogP contribution in [0.5, 0.6) is 0 Å². The van der Waals surface area contributed by atoms with Gasteiger partial charge in [-0.2, -0.15) is 0 Å². The first-order valence-corrected chi connectivity index (χ1v) is 5.74. The molecule has 0 saturated heterocycles. The maximum absolute atomic E-state index is 5.84. The van der Waals surface area contributed by atoms with Gasteiger partial charge in [0.05, 0.1) is 0 Å².